The maximum atomic E-state index is 4.52. The average Bonchev–Trinajstić information content (AvgIpc) is 2.83. The Kier molecular flexibility index (Phi) is 9.82. The van der Waals surface area contributed by atoms with Crippen molar-refractivity contribution in [1.29, 1.82) is 0 Å². The molecule has 2 fully saturated rings. The number of benzene rings is 1. The van der Waals surface area contributed by atoms with Gasteiger partial charge in [-0.25, -0.2) is 0 Å². The zero-order chi connectivity index (χ0) is 22.8. The summed E-state index contributed by atoms with van der Waals surface area (Å²) in [6, 6.07) is 11.2. The van der Waals surface area contributed by atoms with Crippen LogP contribution in [0.25, 0.3) is 0 Å². The molecule has 32 heavy (non-hydrogen) atoms. The first kappa shape index (κ1) is 25.0. The van der Waals surface area contributed by atoms with E-state index in [-0.39, 0.29) is 5.54 Å². The molecule has 0 bridgehead atoms. The zero-order valence-corrected chi connectivity index (χ0v) is 20.9. The van der Waals surface area contributed by atoms with Crippen molar-refractivity contribution in [2.45, 2.75) is 63.6 Å². The van der Waals surface area contributed by atoms with Crippen molar-refractivity contribution < 1.29 is 0 Å². The summed E-state index contributed by atoms with van der Waals surface area (Å²) < 4.78 is 0. The fraction of sp³-hybridized carbons (Fsp3) is 0.731. The van der Waals surface area contributed by atoms with Gasteiger partial charge in [0.15, 0.2) is 5.96 Å². The number of aliphatic imine (C=N–C) groups is 1. The molecule has 6 heteroatoms. The van der Waals surface area contributed by atoms with E-state index in [1.807, 2.05) is 7.05 Å². The third-order valence-corrected chi connectivity index (χ3v) is 7.63. The Hall–Kier alpha value is -1.63. The van der Waals surface area contributed by atoms with Crippen LogP contribution < -0.4 is 10.6 Å². The second-order valence-electron chi connectivity index (χ2n) is 9.97. The van der Waals surface area contributed by atoms with Crippen molar-refractivity contribution in [3.8, 4) is 0 Å². The third-order valence-electron chi connectivity index (χ3n) is 7.63. The molecule has 0 aromatic heterocycles. The molecule has 0 amide bonds. The second-order valence-corrected chi connectivity index (χ2v) is 9.97. The molecule has 0 saturated carbocycles. The first-order chi connectivity index (χ1) is 15.5. The number of likely N-dealkylation sites (tertiary alicyclic amines) is 2. The van der Waals surface area contributed by atoms with Gasteiger partial charge in [-0.05, 0) is 84.9 Å². The SMILES string of the molecule is CN=C(NCCC(C)N(C)Cc1ccccc1)NCC1(N2CCCCC2)CCN(C)CC1. The number of nitrogens with zero attached hydrogens (tertiary/aromatic N) is 4. The van der Waals surface area contributed by atoms with Crippen LogP contribution in [0.15, 0.2) is 35.3 Å². The van der Waals surface area contributed by atoms with Gasteiger partial charge < -0.3 is 15.5 Å². The van der Waals surface area contributed by atoms with Gasteiger partial charge >= 0.3 is 0 Å². The number of guanidine groups is 1. The standard InChI is InChI=1S/C26H46N6/c1-23(31(4)21-24-11-7-5-8-12-24)13-16-28-25(27-2)29-22-26(14-19-30(3)20-15-26)32-17-9-6-10-18-32/h5,7-8,11-12,23H,6,9-10,13-22H2,1-4H3,(H2,27,28,29). The van der Waals surface area contributed by atoms with Gasteiger partial charge in [0.25, 0.3) is 0 Å². The molecule has 0 radical (unpaired) electrons. The predicted octanol–water partition coefficient (Wildman–Crippen LogP) is 3.01. The molecule has 1 aromatic rings. The fourth-order valence-corrected chi connectivity index (χ4v) is 5.12. The summed E-state index contributed by atoms with van der Waals surface area (Å²) >= 11 is 0. The normalized spacial score (nSPS) is 21.5. The number of hydrogen-bond acceptors (Lipinski definition) is 4. The van der Waals surface area contributed by atoms with Crippen molar-refractivity contribution in [1.82, 2.24) is 25.3 Å². The van der Waals surface area contributed by atoms with Crippen LogP contribution in [-0.4, -0.2) is 92.7 Å². The van der Waals surface area contributed by atoms with Crippen LogP contribution in [0.5, 0.6) is 0 Å². The fourth-order valence-electron chi connectivity index (χ4n) is 5.12. The summed E-state index contributed by atoms with van der Waals surface area (Å²) in [4.78, 5) is 12.2. The molecule has 6 nitrogen and oxygen atoms in total. The van der Waals surface area contributed by atoms with Gasteiger partial charge in [0, 0.05) is 38.3 Å². The number of piperidine rings is 2. The quantitative estimate of drug-likeness (QED) is 0.455. The maximum absolute atomic E-state index is 4.52. The highest BCUT2D eigenvalue weighted by Gasteiger charge is 2.39. The summed E-state index contributed by atoms with van der Waals surface area (Å²) in [5.74, 6) is 0.943. The van der Waals surface area contributed by atoms with Crippen LogP contribution in [-0.2, 0) is 6.54 Å². The van der Waals surface area contributed by atoms with Gasteiger partial charge in [0.05, 0.1) is 0 Å². The van der Waals surface area contributed by atoms with E-state index in [2.05, 4.69) is 81.7 Å². The van der Waals surface area contributed by atoms with Crippen molar-refractivity contribution >= 4 is 5.96 Å². The smallest absolute Gasteiger partial charge is 0.191 e. The number of hydrogen-bond donors (Lipinski definition) is 2. The summed E-state index contributed by atoms with van der Waals surface area (Å²) in [6.07, 6.45) is 7.66. The minimum absolute atomic E-state index is 0.272. The Bertz CT molecular complexity index is 677. The maximum Gasteiger partial charge on any atom is 0.191 e. The van der Waals surface area contributed by atoms with Crippen molar-refractivity contribution in [3.05, 3.63) is 35.9 Å². The van der Waals surface area contributed by atoms with Crippen LogP contribution in [0, 0.1) is 0 Å². The number of rotatable bonds is 9. The Labute approximate surface area is 196 Å². The molecule has 1 atom stereocenters. The minimum Gasteiger partial charge on any atom is -0.356 e. The van der Waals surface area contributed by atoms with Gasteiger partial charge in [-0.1, -0.05) is 36.8 Å². The molecule has 2 heterocycles. The Morgan fingerprint density at radius 1 is 1.06 bits per heavy atom. The molecule has 0 aliphatic carbocycles. The molecular weight excluding hydrogens is 396 g/mol. The van der Waals surface area contributed by atoms with E-state index in [0.717, 1.165) is 32.0 Å². The van der Waals surface area contributed by atoms with Crippen molar-refractivity contribution in [2.75, 3.05) is 60.4 Å². The number of nitrogens with one attached hydrogen (secondary N) is 2. The second kappa shape index (κ2) is 12.6. The monoisotopic (exact) mass is 442 g/mol. The topological polar surface area (TPSA) is 46.1 Å². The lowest BCUT2D eigenvalue weighted by molar-refractivity contribution is 0.0173. The predicted molar refractivity (Wildman–Crippen MR) is 136 cm³/mol. The Balaban J connectivity index is 1.45. The van der Waals surface area contributed by atoms with E-state index in [1.165, 1.54) is 63.8 Å². The van der Waals surface area contributed by atoms with Crippen molar-refractivity contribution in [2.24, 2.45) is 4.99 Å². The molecular formula is C26H46N6. The summed E-state index contributed by atoms with van der Waals surface area (Å²) in [7, 11) is 6.36. The summed E-state index contributed by atoms with van der Waals surface area (Å²) in [6.45, 7) is 10.1. The molecule has 1 aromatic carbocycles. The Morgan fingerprint density at radius 2 is 1.75 bits per heavy atom. The average molecular weight is 443 g/mol. The lowest BCUT2D eigenvalue weighted by atomic mass is 9.84. The lowest BCUT2D eigenvalue weighted by Gasteiger charge is -2.50. The van der Waals surface area contributed by atoms with Crippen molar-refractivity contribution in [3.63, 3.8) is 0 Å². The summed E-state index contributed by atoms with van der Waals surface area (Å²) in [5.41, 5.74) is 1.64. The van der Waals surface area contributed by atoms with Gasteiger partial charge in [0.1, 0.15) is 0 Å². The van der Waals surface area contributed by atoms with Crippen LogP contribution in [0.2, 0.25) is 0 Å². The first-order valence-electron chi connectivity index (χ1n) is 12.6. The van der Waals surface area contributed by atoms with Gasteiger partial charge in [0.2, 0.25) is 0 Å². The van der Waals surface area contributed by atoms with E-state index in [4.69, 9.17) is 0 Å². The molecule has 1 unspecified atom stereocenters. The van der Waals surface area contributed by atoms with Gasteiger partial charge in [-0.15, -0.1) is 0 Å². The lowest BCUT2D eigenvalue weighted by Crippen LogP contribution is -2.62. The van der Waals surface area contributed by atoms with E-state index in [9.17, 15) is 0 Å². The first-order valence-corrected chi connectivity index (χ1v) is 12.6. The van der Waals surface area contributed by atoms with Crippen LogP contribution in [0.4, 0.5) is 0 Å². The molecule has 3 rings (SSSR count). The molecule has 180 valence electrons. The molecule has 2 aliphatic rings. The largest absolute Gasteiger partial charge is 0.356 e. The van der Waals surface area contributed by atoms with Crippen LogP contribution in [0.3, 0.4) is 0 Å². The molecule has 2 saturated heterocycles. The molecule has 2 aliphatic heterocycles. The highest BCUT2D eigenvalue weighted by atomic mass is 15.3. The highest BCUT2D eigenvalue weighted by Crippen LogP contribution is 2.30. The molecule has 0 spiro atoms. The van der Waals surface area contributed by atoms with E-state index in [1.54, 1.807) is 0 Å². The highest BCUT2D eigenvalue weighted by molar-refractivity contribution is 5.79. The van der Waals surface area contributed by atoms with Gasteiger partial charge in [-0.2, -0.15) is 0 Å². The Morgan fingerprint density at radius 3 is 2.41 bits per heavy atom. The third kappa shape index (κ3) is 7.19. The summed E-state index contributed by atoms with van der Waals surface area (Å²) in [5, 5.41) is 7.27. The van der Waals surface area contributed by atoms with Gasteiger partial charge in [-0.3, -0.25) is 14.8 Å². The van der Waals surface area contributed by atoms with E-state index < -0.39 is 0 Å². The zero-order valence-electron chi connectivity index (χ0n) is 20.9. The minimum atomic E-state index is 0.272. The van der Waals surface area contributed by atoms with E-state index >= 15 is 0 Å². The van der Waals surface area contributed by atoms with E-state index in [0.29, 0.717) is 6.04 Å². The molecule has 2 N–H and O–H groups in total. The van der Waals surface area contributed by atoms with Crippen LogP contribution in [0.1, 0.15) is 51.0 Å². The van der Waals surface area contributed by atoms with Crippen LogP contribution >= 0.6 is 0 Å².